The van der Waals surface area contributed by atoms with Crippen molar-refractivity contribution in [1.29, 1.82) is 0 Å². The van der Waals surface area contributed by atoms with Crippen LogP contribution in [-0.4, -0.2) is 32.8 Å². The topological polar surface area (TPSA) is 67.1 Å². The van der Waals surface area contributed by atoms with E-state index in [1.165, 1.54) is 6.21 Å². The van der Waals surface area contributed by atoms with E-state index in [0.29, 0.717) is 23.8 Å². The second-order valence-electron chi connectivity index (χ2n) is 6.00. The molecule has 0 saturated heterocycles. The van der Waals surface area contributed by atoms with Crippen LogP contribution in [0.4, 0.5) is 5.88 Å². The van der Waals surface area contributed by atoms with Crippen LogP contribution in [-0.2, 0) is 0 Å². The van der Waals surface area contributed by atoms with Crippen LogP contribution in [0.25, 0.3) is 0 Å². The third-order valence-corrected chi connectivity index (χ3v) is 3.11. The molecule has 0 radical (unpaired) electrons. The molecule has 2 aromatic rings. The molecule has 24 heavy (non-hydrogen) atoms. The first-order valence-electron chi connectivity index (χ1n) is 7.79. The van der Waals surface area contributed by atoms with E-state index >= 15 is 0 Å². The molecule has 128 valence electrons. The number of furan rings is 1. The average molecular weight is 329 g/mol. The monoisotopic (exact) mass is 329 g/mol. The van der Waals surface area contributed by atoms with E-state index < -0.39 is 0 Å². The summed E-state index contributed by atoms with van der Waals surface area (Å²) in [5.74, 6) is 2.20. The van der Waals surface area contributed by atoms with Crippen LogP contribution in [0.3, 0.4) is 0 Å². The fraction of sp³-hybridized carbons (Fsp3) is 0.333. The first kappa shape index (κ1) is 17.6. The Labute approximate surface area is 142 Å². The van der Waals surface area contributed by atoms with E-state index in [0.717, 1.165) is 11.6 Å². The van der Waals surface area contributed by atoms with Crippen LogP contribution in [0.2, 0.25) is 0 Å². The second kappa shape index (κ2) is 8.19. The molecule has 0 atom stereocenters. The van der Waals surface area contributed by atoms with Gasteiger partial charge in [0, 0.05) is 25.7 Å². The molecular weight excluding hydrogens is 306 g/mol. The van der Waals surface area contributed by atoms with Crippen molar-refractivity contribution in [2.45, 2.75) is 13.8 Å². The lowest BCUT2D eigenvalue weighted by molar-refractivity contribution is 0.0955. The minimum atomic E-state index is -0.291. The van der Waals surface area contributed by atoms with Crippen molar-refractivity contribution in [3.63, 3.8) is 0 Å². The number of hydrogen-bond acceptors (Lipinski definition) is 5. The van der Waals surface area contributed by atoms with Gasteiger partial charge < -0.3 is 14.1 Å². The van der Waals surface area contributed by atoms with Crippen molar-refractivity contribution in [2.24, 2.45) is 11.0 Å². The molecular formula is C18H23N3O3. The number of carbonyl (C=O) groups is 1. The minimum absolute atomic E-state index is 0.291. The third kappa shape index (κ3) is 5.15. The molecule has 1 heterocycles. The Bertz CT molecular complexity index is 688. The quantitative estimate of drug-likeness (QED) is 0.626. The zero-order valence-electron chi connectivity index (χ0n) is 14.4. The van der Waals surface area contributed by atoms with Crippen LogP contribution < -0.4 is 15.1 Å². The molecule has 0 aliphatic carbocycles. The van der Waals surface area contributed by atoms with Crippen molar-refractivity contribution >= 4 is 18.0 Å². The lowest BCUT2D eigenvalue weighted by Gasteiger charge is -2.08. The maximum absolute atomic E-state index is 12.0. The Morgan fingerprint density at radius 2 is 1.96 bits per heavy atom. The standard InChI is InChI=1S/C18H23N3O3/c1-13(2)12-23-15-7-5-14(6-8-15)18(22)20-19-11-16-9-10-17(24-16)21(3)4/h5-11,13H,12H2,1-4H3,(H,20,22)/b19-11+. The normalized spacial score (nSPS) is 11.0. The van der Waals surface area contributed by atoms with E-state index in [2.05, 4.69) is 24.4 Å². The average Bonchev–Trinajstić information content (AvgIpc) is 3.02. The number of ether oxygens (including phenoxy) is 1. The SMILES string of the molecule is CC(C)COc1ccc(C(=O)N/N=C/c2ccc(N(C)C)o2)cc1. The summed E-state index contributed by atoms with van der Waals surface area (Å²) in [6.45, 7) is 4.81. The van der Waals surface area contributed by atoms with Crippen LogP contribution in [0.5, 0.6) is 5.75 Å². The Balaban J connectivity index is 1.88. The minimum Gasteiger partial charge on any atom is -0.493 e. The molecule has 1 amide bonds. The highest BCUT2D eigenvalue weighted by Gasteiger charge is 2.05. The van der Waals surface area contributed by atoms with E-state index in [1.54, 1.807) is 30.3 Å². The number of rotatable bonds is 7. The van der Waals surface area contributed by atoms with Gasteiger partial charge in [-0.2, -0.15) is 5.10 Å². The highest BCUT2D eigenvalue weighted by molar-refractivity contribution is 5.94. The van der Waals surface area contributed by atoms with Crippen molar-refractivity contribution in [3.05, 3.63) is 47.7 Å². The maximum atomic E-state index is 12.0. The van der Waals surface area contributed by atoms with E-state index in [1.807, 2.05) is 25.1 Å². The van der Waals surface area contributed by atoms with Crippen molar-refractivity contribution in [1.82, 2.24) is 5.43 Å². The van der Waals surface area contributed by atoms with Gasteiger partial charge in [0.25, 0.3) is 5.91 Å². The largest absolute Gasteiger partial charge is 0.493 e. The summed E-state index contributed by atoms with van der Waals surface area (Å²) in [6, 6.07) is 10.6. The zero-order valence-corrected chi connectivity index (χ0v) is 14.4. The number of amides is 1. The van der Waals surface area contributed by atoms with Crippen LogP contribution in [0.1, 0.15) is 30.0 Å². The number of benzene rings is 1. The number of anilines is 1. The van der Waals surface area contributed by atoms with E-state index in [9.17, 15) is 4.79 Å². The van der Waals surface area contributed by atoms with Crippen LogP contribution in [0.15, 0.2) is 45.9 Å². The van der Waals surface area contributed by atoms with Gasteiger partial charge in [0.05, 0.1) is 12.8 Å². The fourth-order valence-electron chi connectivity index (χ4n) is 1.84. The Morgan fingerprint density at radius 3 is 2.54 bits per heavy atom. The summed E-state index contributed by atoms with van der Waals surface area (Å²) in [5, 5.41) is 3.90. The summed E-state index contributed by atoms with van der Waals surface area (Å²) < 4.78 is 11.1. The highest BCUT2D eigenvalue weighted by atomic mass is 16.5. The molecule has 0 bridgehead atoms. The fourth-order valence-corrected chi connectivity index (χ4v) is 1.84. The summed E-state index contributed by atoms with van der Waals surface area (Å²) in [5.41, 5.74) is 2.98. The molecule has 0 saturated carbocycles. The number of carbonyl (C=O) groups excluding carboxylic acids is 1. The molecule has 0 aliphatic heterocycles. The first-order chi connectivity index (χ1) is 11.5. The third-order valence-electron chi connectivity index (χ3n) is 3.11. The van der Waals surface area contributed by atoms with Gasteiger partial charge in [0.2, 0.25) is 0 Å². The Morgan fingerprint density at radius 1 is 1.25 bits per heavy atom. The van der Waals surface area contributed by atoms with Gasteiger partial charge >= 0.3 is 0 Å². The number of nitrogens with zero attached hydrogens (tertiary/aromatic N) is 2. The van der Waals surface area contributed by atoms with Crippen LogP contribution in [0, 0.1) is 5.92 Å². The molecule has 1 aromatic carbocycles. The van der Waals surface area contributed by atoms with Crippen molar-refractivity contribution in [3.8, 4) is 5.75 Å². The van der Waals surface area contributed by atoms with Crippen molar-refractivity contribution in [2.75, 3.05) is 25.6 Å². The predicted octanol–water partition coefficient (Wildman–Crippen LogP) is 3.14. The van der Waals surface area contributed by atoms with Gasteiger partial charge in [-0.15, -0.1) is 0 Å². The van der Waals surface area contributed by atoms with Gasteiger partial charge in [0.1, 0.15) is 11.5 Å². The highest BCUT2D eigenvalue weighted by Crippen LogP contribution is 2.15. The number of hydrazone groups is 1. The molecule has 0 spiro atoms. The molecule has 2 rings (SSSR count). The molecule has 0 unspecified atom stereocenters. The summed E-state index contributed by atoms with van der Waals surface area (Å²) >= 11 is 0. The Hall–Kier alpha value is -2.76. The molecule has 6 heteroatoms. The molecule has 6 nitrogen and oxygen atoms in total. The summed E-state index contributed by atoms with van der Waals surface area (Å²) in [6.07, 6.45) is 1.46. The zero-order chi connectivity index (χ0) is 17.5. The Kier molecular flexibility index (Phi) is 6.01. The maximum Gasteiger partial charge on any atom is 0.271 e. The first-order valence-corrected chi connectivity index (χ1v) is 7.79. The van der Waals surface area contributed by atoms with Gasteiger partial charge in [-0.05, 0) is 36.2 Å². The molecule has 0 aliphatic rings. The van der Waals surface area contributed by atoms with E-state index in [-0.39, 0.29) is 5.91 Å². The lowest BCUT2D eigenvalue weighted by Crippen LogP contribution is -2.17. The number of nitrogens with one attached hydrogen (secondary N) is 1. The van der Waals surface area contributed by atoms with Crippen LogP contribution >= 0.6 is 0 Å². The van der Waals surface area contributed by atoms with Crippen molar-refractivity contribution < 1.29 is 13.9 Å². The predicted molar refractivity (Wildman–Crippen MR) is 94.9 cm³/mol. The van der Waals surface area contributed by atoms with E-state index in [4.69, 9.17) is 9.15 Å². The van der Waals surface area contributed by atoms with Gasteiger partial charge in [0.15, 0.2) is 5.88 Å². The summed E-state index contributed by atoms with van der Waals surface area (Å²) in [4.78, 5) is 13.9. The smallest absolute Gasteiger partial charge is 0.271 e. The van der Waals surface area contributed by atoms with Gasteiger partial charge in [-0.3, -0.25) is 4.79 Å². The molecule has 1 aromatic heterocycles. The number of hydrogen-bond donors (Lipinski definition) is 1. The molecule has 1 N–H and O–H groups in total. The lowest BCUT2D eigenvalue weighted by atomic mass is 10.2. The second-order valence-corrected chi connectivity index (χ2v) is 6.00. The van der Waals surface area contributed by atoms with Gasteiger partial charge in [-0.1, -0.05) is 13.8 Å². The van der Waals surface area contributed by atoms with Gasteiger partial charge in [-0.25, -0.2) is 5.43 Å². The molecule has 0 fully saturated rings. The summed E-state index contributed by atoms with van der Waals surface area (Å²) in [7, 11) is 3.77.